The zero-order valence-electron chi connectivity index (χ0n) is 17.7. The van der Waals surface area contributed by atoms with Crippen LogP contribution in [0.25, 0.3) is 32.6 Å². The highest BCUT2D eigenvalue weighted by Gasteiger charge is 2.24. The Morgan fingerprint density at radius 2 is 1.66 bits per heavy atom. The fraction of sp³-hybridized carbons (Fsp3) is 0.296. The minimum atomic E-state index is 0.775. The predicted molar refractivity (Wildman–Crippen MR) is 126 cm³/mol. The van der Waals surface area contributed by atoms with Gasteiger partial charge in [-0.3, -0.25) is 0 Å². The van der Waals surface area contributed by atoms with Gasteiger partial charge in [0.2, 0.25) is 0 Å². The van der Waals surface area contributed by atoms with Gasteiger partial charge in [-0.15, -0.1) is 11.3 Å². The van der Waals surface area contributed by atoms with Crippen LogP contribution in [0.1, 0.15) is 40.5 Å². The largest absolute Gasteiger partial charge is 0.237 e. The molecule has 1 atom stereocenters. The minimum absolute atomic E-state index is 0.775. The summed E-state index contributed by atoms with van der Waals surface area (Å²) in [7, 11) is 0. The van der Waals surface area contributed by atoms with E-state index in [1.807, 2.05) is 11.3 Å². The number of fused-ring (bicyclic) bond motifs is 3. The van der Waals surface area contributed by atoms with Crippen LogP contribution in [0.15, 0.2) is 48.5 Å². The van der Waals surface area contributed by atoms with E-state index < -0.39 is 0 Å². The molecular weight excluding hydrogens is 370 g/mol. The molecule has 0 bridgehead atoms. The second kappa shape index (κ2) is 7.11. The summed E-state index contributed by atoms with van der Waals surface area (Å²) in [6.07, 6.45) is 3.66. The number of aryl methyl sites for hydroxylation is 4. The Kier molecular flexibility index (Phi) is 4.55. The van der Waals surface area contributed by atoms with E-state index in [1.54, 1.807) is 10.4 Å². The Morgan fingerprint density at radius 3 is 2.45 bits per heavy atom. The number of benzene rings is 2. The Balaban J connectivity index is 1.81. The van der Waals surface area contributed by atoms with Gasteiger partial charge in [-0.1, -0.05) is 43.3 Å². The smallest absolute Gasteiger partial charge is 0.125 e. The van der Waals surface area contributed by atoms with Crippen LogP contribution in [0, 0.1) is 26.7 Å². The predicted octanol–water partition coefficient (Wildman–Crippen LogP) is 7.68. The normalized spacial score (nSPS) is 16.2. The third-order valence-corrected chi connectivity index (χ3v) is 7.62. The fourth-order valence-corrected chi connectivity index (χ4v) is 6.07. The van der Waals surface area contributed by atoms with Crippen LogP contribution in [0.5, 0.6) is 0 Å². The average molecular weight is 398 g/mol. The van der Waals surface area contributed by atoms with Crippen LogP contribution < -0.4 is 0 Å². The molecule has 2 heteroatoms. The van der Waals surface area contributed by atoms with Gasteiger partial charge in [0.15, 0.2) is 0 Å². The van der Waals surface area contributed by atoms with Crippen molar-refractivity contribution in [1.82, 2.24) is 4.98 Å². The maximum atomic E-state index is 5.21. The molecule has 1 aliphatic carbocycles. The lowest BCUT2D eigenvalue weighted by molar-refractivity contribution is 0.509. The van der Waals surface area contributed by atoms with Crippen LogP contribution in [0.3, 0.4) is 0 Å². The Labute approximate surface area is 177 Å². The van der Waals surface area contributed by atoms with E-state index in [-0.39, 0.29) is 0 Å². The number of aromatic nitrogens is 1. The number of hydrogen-bond donors (Lipinski definition) is 0. The lowest BCUT2D eigenvalue weighted by Gasteiger charge is -2.18. The Morgan fingerprint density at radius 1 is 0.897 bits per heavy atom. The molecule has 5 rings (SSSR count). The molecule has 0 amide bonds. The average Bonchev–Trinajstić information content (AvgIpc) is 3.08. The van der Waals surface area contributed by atoms with E-state index in [0.29, 0.717) is 0 Å². The van der Waals surface area contributed by atoms with Crippen LogP contribution >= 0.6 is 11.3 Å². The highest BCUT2D eigenvalue weighted by molar-refractivity contribution is 7.19. The summed E-state index contributed by atoms with van der Waals surface area (Å²) in [4.78, 5) is 7.97. The zero-order chi connectivity index (χ0) is 20.1. The summed E-state index contributed by atoms with van der Waals surface area (Å²) in [6, 6.07) is 17.8. The van der Waals surface area contributed by atoms with Crippen molar-refractivity contribution in [2.45, 2.75) is 47.0 Å². The van der Waals surface area contributed by atoms with Gasteiger partial charge < -0.3 is 0 Å². The molecule has 2 aromatic carbocycles. The van der Waals surface area contributed by atoms with Gasteiger partial charge in [0, 0.05) is 15.8 Å². The molecule has 0 saturated heterocycles. The van der Waals surface area contributed by atoms with Crippen LogP contribution in [0.2, 0.25) is 0 Å². The summed E-state index contributed by atoms with van der Waals surface area (Å²) in [5.41, 5.74) is 10.5. The van der Waals surface area contributed by atoms with Crippen LogP contribution in [0.4, 0.5) is 0 Å². The first kappa shape index (κ1) is 18.6. The van der Waals surface area contributed by atoms with E-state index >= 15 is 0 Å². The molecule has 0 N–H and O–H groups in total. The molecule has 1 aliphatic rings. The summed E-state index contributed by atoms with van der Waals surface area (Å²) in [5.74, 6) is 0.775. The van der Waals surface area contributed by atoms with Crippen molar-refractivity contribution in [3.05, 3.63) is 75.7 Å². The molecule has 1 unspecified atom stereocenters. The standard InChI is InChI=1S/C27H27NS/c1-16-10-11-21-25(12-16)29-27-26(21)23(20-8-6-5-7-9-20)15-24(28-27)22-14-18(3)17(2)13-19(22)4/h5-9,13-16H,10-12H2,1-4H3. The lowest BCUT2D eigenvalue weighted by Crippen LogP contribution is -2.08. The van der Waals surface area contributed by atoms with Gasteiger partial charge in [0.25, 0.3) is 0 Å². The molecule has 0 fully saturated rings. The van der Waals surface area contributed by atoms with Crippen molar-refractivity contribution in [2.24, 2.45) is 5.92 Å². The second-order valence-electron chi connectivity index (χ2n) is 8.70. The summed E-state index contributed by atoms with van der Waals surface area (Å²) < 4.78 is 0. The third kappa shape index (κ3) is 3.20. The fourth-order valence-electron chi connectivity index (χ4n) is 4.66. The zero-order valence-corrected chi connectivity index (χ0v) is 18.5. The van der Waals surface area contributed by atoms with E-state index in [0.717, 1.165) is 11.6 Å². The third-order valence-electron chi connectivity index (χ3n) is 6.47. The molecule has 146 valence electrons. The molecule has 0 saturated carbocycles. The maximum absolute atomic E-state index is 5.21. The first-order valence-electron chi connectivity index (χ1n) is 10.6. The van der Waals surface area contributed by atoms with Gasteiger partial charge in [-0.2, -0.15) is 0 Å². The molecule has 0 spiro atoms. The molecule has 0 radical (unpaired) electrons. The van der Waals surface area contributed by atoms with E-state index in [4.69, 9.17) is 4.98 Å². The number of thiophene rings is 1. The van der Waals surface area contributed by atoms with Crippen molar-refractivity contribution in [2.75, 3.05) is 0 Å². The van der Waals surface area contributed by atoms with Gasteiger partial charge in [-0.05, 0) is 91.5 Å². The monoisotopic (exact) mass is 397 g/mol. The van der Waals surface area contributed by atoms with Crippen LogP contribution in [-0.2, 0) is 12.8 Å². The highest BCUT2D eigenvalue weighted by atomic mass is 32.1. The second-order valence-corrected chi connectivity index (χ2v) is 9.79. The topological polar surface area (TPSA) is 12.9 Å². The molecular formula is C27H27NS. The summed E-state index contributed by atoms with van der Waals surface area (Å²) >= 11 is 1.92. The van der Waals surface area contributed by atoms with Gasteiger partial charge in [0.1, 0.15) is 4.83 Å². The lowest BCUT2D eigenvalue weighted by atomic mass is 9.87. The molecule has 4 aromatic rings. The molecule has 0 aliphatic heterocycles. The number of rotatable bonds is 2. The van der Waals surface area contributed by atoms with Crippen molar-refractivity contribution in [3.8, 4) is 22.4 Å². The number of hydrogen-bond acceptors (Lipinski definition) is 2. The van der Waals surface area contributed by atoms with E-state index in [9.17, 15) is 0 Å². The van der Waals surface area contributed by atoms with Crippen molar-refractivity contribution in [1.29, 1.82) is 0 Å². The van der Waals surface area contributed by atoms with Crippen molar-refractivity contribution < 1.29 is 0 Å². The molecule has 29 heavy (non-hydrogen) atoms. The van der Waals surface area contributed by atoms with Crippen molar-refractivity contribution >= 4 is 21.6 Å². The Bertz CT molecular complexity index is 1220. The maximum Gasteiger partial charge on any atom is 0.125 e. The minimum Gasteiger partial charge on any atom is -0.237 e. The summed E-state index contributed by atoms with van der Waals surface area (Å²) in [5, 5.41) is 1.40. The van der Waals surface area contributed by atoms with Crippen molar-refractivity contribution in [3.63, 3.8) is 0 Å². The van der Waals surface area contributed by atoms with Gasteiger partial charge in [0.05, 0.1) is 5.69 Å². The number of nitrogens with zero attached hydrogens (tertiary/aromatic N) is 1. The van der Waals surface area contributed by atoms with E-state index in [2.05, 4.69) is 76.2 Å². The molecule has 2 heterocycles. The quantitative estimate of drug-likeness (QED) is 0.338. The Hall–Kier alpha value is -2.45. The van der Waals surface area contributed by atoms with Crippen LogP contribution in [-0.4, -0.2) is 4.98 Å². The number of pyridine rings is 1. The first-order valence-corrected chi connectivity index (χ1v) is 11.4. The SMILES string of the molecule is Cc1cc(C)c(-c2cc(-c3ccccc3)c3c4c(sc3n2)CC(C)CC4)cc1C. The van der Waals surface area contributed by atoms with E-state index in [1.165, 1.54) is 62.9 Å². The summed E-state index contributed by atoms with van der Waals surface area (Å²) in [6.45, 7) is 8.96. The molecule has 1 nitrogen and oxygen atoms in total. The van der Waals surface area contributed by atoms with Gasteiger partial charge in [-0.25, -0.2) is 4.98 Å². The van der Waals surface area contributed by atoms with Gasteiger partial charge >= 0.3 is 0 Å². The highest BCUT2D eigenvalue weighted by Crippen LogP contribution is 2.43. The molecule has 2 aromatic heterocycles. The first-order chi connectivity index (χ1) is 14.0.